The first-order chi connectivity index (χ1) is 11.1. The lowest BCUT2D eigenvalue weighted by Gasteiger charge is -2.43. The van der Waals surface area contributed by atoms with E-state index in [-0.39, 0.29) is 10.8 Å². The zero-order valence-electron chi connectivity index (χ0n) is 16.9. The first-order valence-corrected chi connectivity index (χ1v) is 9.94. The Balaban J connectivity index is 2.03. The Labute approximate surface area is 149 Å². The third kappa shape index (κ3) is 3.16. The van der Waals surface area contributed by atoms with Crippen LogP contribution in [0.25, 0.3) is 0 Å². The summed E-state index contributed by atoms with van der Waals surface area (Å²) in [5.41, 5.74) is 3.54. The van der Waals surface area contributed by atoms with E-state index in [2.05, 4.69) is 58.3 Å². The molecule has 3 heteroatoms. The van der Waals surface area contributed by atoms with Crippen LogP contribution in [0, 0.1) is 10.8 Å². The van der Waals surface area contributed by atoms with Crippen molar-refractivity contribution >= 4 is 5.84 Å². The SMILES string of the molecule is CCC1=NC(C(C)(C)C)C(C(C)(C)C)=C2CC(N3CCCC3)CN12. The maximum absolute atomic E-state index is 5.29. The van der Waals surface area contributed by atoms with Crippen LogP contribution in [-0.2, 0) is 0 Å². The third-order valence-electron chi connectivity index (χ3n) is 5.92. The molecule has 3 aliphatic heterocycles. The van der Waals surface area contributed by atoms with Crippen LogP contribution in [0.1, 0.15) is 74.1 Å². The van der Waals surface area contributed by atoms with Gasteiger partial charge in [-0.2, -0.15) is 0 Å². The minimum Gasteiger partial charge on any atom is -0.332 e. The molecule has 0 amide bonds. The average molecular weight is 332 g/mol. The number of fused-ring (bicyclic) bond motifs is 1. The molecule has 24 heavy (non-hydrogen) atoms. The summed E-state index contributed by atoms with van der Waals surface area (Å²) in [6.45, 7) is 20.2. The molecule has 3 nitrogen and oxygen atoms in total. The molecule has 0 saturated carbocycles. The minimum atomic E-state index is 0.174. The van der Waals surface area contributed by atoms with Crippen molar-refractivity contribution in [3.8, 4) is 0 Å². The maximum Gasteiger partial charge on any atom is 0.104 e. The number of amidine groups is 1. The molecule has 0 bridgehead atoms. The number of likely N-dealkylation sites (tertiary alicyclic amines) is 1. The van der Waals surface area contributed by atoms with Crippen molar-refractivity contribution in [1.82, 2.24) is 9.80 Å². The van der Waals surface area contributed by atoms with Gasteiger partial charge in [-0.05, 0) is 42.3 Å². The number of nitrogens with zero attached hydrogens (tertiary/aromatic N) is 3. The van der Waals surface area contributed by atoms with Crippen molar-refractivity contribution in [2.45, 2.75) is 86.2 Å². The zero-order valence-corrected chi connectivity index (χ0v) is 16.9. The molecule has 2 fully saturated rings. The van der Waals surface area contributed by atoms with E-state index < -0.39 is 0 Å². The molecular weight excluding hydrogens is 294 g/mol. The summed E-state index contributed by atoms with van der Waals surface area (Å²) in [7, 11) is 0. The van der Waals surface area contributed by atoms with E-state index in [1.54, 1.807) is 11.3 Å². The predicted molar refractivity (Wildman–Crippen MR) is 103 cm³/mol. The summed E-state index contributed by atoms with van der Waals surface area (Å²) in [6.07, 6.45) is 5.01. The lowest BCUT2D eigenvalue weighted by atomic mass is 9.71. The molecule has 2 atom stereocenters. The van der Waals surface area contributed by atoms with Gasteiger partial charge in [0.25, 0.3) is 0 Å². The lowest BCUT2D eigenvalue weighted by Crippen LogP contribution is -2.43. The second-order valence-electron chi connectivity index (χ2n) is 9.99. The zero-order chi connectivity index (χ0) is 17.7. The van der Waals surface area contributed by atoms with Gasteiger partial charge in [-0.25, -0.2) is 0 Å². The van der Waals surface area contributed by atoms with Crippen LogP contribution in [0.5, 0.6) is 0 Å². The largest absolute Gasteiger partial charge is 0.332 e. The Morgan fingerprint density at radius 2 is 1.67 bits per heavy atom. The molecule has 0 spiro atoms. The summed E-state index contributed by atoms with van der Waals surface area (Å²) in [6, 6.07) is 1.01. The summed E-state index contributed by atoms with van der Waals surface area (Å²) in [5.74, 6) is 1.32. The van der Waals surface area contributed by atoms with Crippen molar-refractivity contribution in [2.24, 2.45) is 15.8 Å². The molecule has 0 radical (unpaired) electrons. The van der Waals surface area contributed by atoms with Crippen LogP contribution in [-0.4, -0.2) is 47.4 Å². The standard InChI is InChI=1S/C21H37N3/c1-8-17-22-19(21(5,6)7)18(20(2,3)4)16-13-15(14-24(16)17)23-11-9-10-12-23/h15,19H,8-14H2,1-7H3. The summed E-state index contributed by atoms with van der Waals surface area (Å²) in [5, 5.41) is 0. The highest BCUT2D eigenvalue weighted by molar-refractivity contribution is 5.86. The molecule has 0 aliphatic carbocycles. The first kappa shape index (κ1) is 18.0. The van der Waals surface area contributed by atoms with E-state index in [0.717, 1.165) is 13.0 Å². The van der Waals surface area contributed by atoms with Gasteiger partial charge in [0.15, 0.2) is 0 Å². The molecule has 0 aromatic carbocycles. The Hall–Kier alpha value is -0.830. The number of hydrogen-bond acceptors (Lipinski definition) is 3. The van der Waals surface area contributed by atoms with E-state index in [4.69, 9.17) is 4.99 Å². The lowest BCUT2D eigenvalue weighted by molar-refractivity contribution is 0.249. The summed E-state index contributed by atoms with van der Waals surface area (Å²) in [4.78, 5) is 10.6. The first-order valence-electron chi connectivity index (χ1n) is 9.94. The van der Waals surface area contributed by atoms with E-state index in [1.807, 2.05) is 0 Å². The van der Waals surface area contributed by atoms with Crippen LogP contribution >= 0.6 is 0 Å². The maximum atomic E-state index is 5.29. The van der Waals surface area contributed by atoms with Crippen LogP contribution < -0.4 is 0 Å². The quantitative estimate of drug-likeness (QED) is 0.731. The highest BCUT2D eigenvalue weighted by Crippen LogP contribution is 2.46. The van der Waals surface area contributed by atoms with E-state index in [1.165, 1.54) is 38.2 Å². The van der Waals surface area contributed by atoms with E-state index in [0.29, 0.717) is 12.1 Å². The van der Waals surface area contributed by atoms with Gasteiger partial charge in [0.1, 0.15) is 5.84 Å². The van der Waals surface area contributed by atoms with Crippen molar-refractivity contribution in [3.05, 3.63) is 11.3 Å². The molecule has 3 heterocycles. The van der Waals surface area contributed by atoms with Crippen molar-refractivity contribution in [2.75, 3.05) is 19.6 Å². The van der Waals surface area contributed by atoms with Crippen LogP contribution in [0.4, 0.5) is 0 Å². The molecular formula is C21H37N3. The van der Waals surface area contributed by atoms with Gasteiger partial charge in [0, 0.05) is 31.1 Å². The van der Waals surface area contributed by atoms with Crippen LogP contribution in [0.15, 0.2) is 16.3 Å². The van der Waals surface area contributed by atoms with Crippen molar-refractivity contribution in [3.63, 3.8) is 0 Å². The van der Waals surface area contributed by atoms with Gasteiger partial charge < -0.3 is 4.90 Å². The fourth-order valence-electron chi connectivity index (χ4n) is 4.78. The van der Waals surface area contributed by atoms with Crippen molar-refractivity contribution in [1.29, 1.82) is 0 Å². The molecule has 3 aliphatic rings. The Morgan fingerprint density at radius 3 is 2.17 bits per heavy atom. The molecule has 0 aromatic heterocycles. The Morgan fingerprint density at radius 1 is 1.04 bits per heavy atom. The van der Waals surface area contributed by atoms with E-state index >= 15 is 0 Å². The monoisotopic (exact) mass is 331 g/mol. The van der Waals surface area contributed by atoms with Crippen molar-refractivity contribution < 1.29 is 0 Å². The predicted octanol–water partition coefficient (Wildman–Crippen LogP) is 4.69. The van der Waals surface area contributed by atoms with Gasteiger partial charge >= 0.3 is 0 Å². The topological polar surface area (TPSA) is 18.8 Å². The number of aliphatic imine (C=N–C) groups is 1. The van der Waals surface area contributed by atoms with Gasteiger partial charge in [-0.1, -0.05) is 48.5 Å². The molecule has 136 valence electrons. The number of rotatable bonds is 2. The Kier molecular flexibility index (Phi) is 4.61. The summed E-state index contributed by atoms with van der Waals surface area (Å²) >= 11 is 0. The highest BCUT2D eigenvalue weighted by atomic mass is 15.3. The third-order valence-corrected chi connectivity index (χ3v) is 5.92. The van der Waals surface area contributed by atoms with Gasteiger partial charge in [-0.3, -0.25) is 9.89 Å². The van der Waals surface area contributed by atoms with Gasteiger partial charge in [-0.15, -0.1) is 0 Å². The van der Waals surface area contributed by atoms with Crippen LogP contribution in [0.2, 0.25) is 0 Å². The second kappa shape index (κ2) is 6.16. The number of hydrogen-bond donors (Lipinski definition) is 0. The van der Waals surface area contributed by atoms with Gasteiger partial charge in [0.2, 0.25) is 0 Å². The molecule has 2 unspecified atom stereocenters. The van der Waals surface area contributed by atoms with Gasteiger partial charge in [0.05, 0.1) is 6.04 Å². The molecule has 3 rings (SSSR count). The van der Waals surface area contributed by atoms with Crippen LogP contribution in [0.3, 0.4) is 0 Å². The molecule has 0 aromatic rings. The second-order valence-corrected chi connectivity index (χ2v) is 9.99. The molecule has 2 saturated heterocycles. The fourth-order valence-corrected chi connectivity index (χ4v) is 4.78. The molecule has 0 N–H and O–H groups in total. The summed E-state index contributed by atoms with van der Waals surface area (Å²) < 4.78 is 0. The Bertz CT molecular complexity index is 538. The average Bonchev–Trinajstić information content (AvgIpc) is 3.11. The minimum absolute atomic E-state index is 0.174. The fraction of sp³-hybridized carbons (Fsp3) is 0.857. The smallest absolute Gasteiger partial charge is 0.104 e. The highest BCUT2D eigenvalue weighted by Gasteiger charge is 2.45. The van der Waals surface area contributed by atoms with E-state index in [9.17, 15) is 0 Å². The normalized spacial score (nSPS) is 29.3.